The van der Waals surface area contributed by atoms with E-state index in [0.29, 0.717) is 0 Å². The predicted molar refractivity (Wildman–Crippen MR) is 65.6 cm³/mol. The highest BCUT2D eigenvalue weighted by molar-refractivity contribution is 5.50. The number of halogens is 21. The van der Waals surface area contributed by atoms with Crippen LogP contribution in [0, 0.1) is 29.1 Å². The zero-order chi connectivity index (χ0) is 28.5. The molecule has 1 nitrogen and oxygen atoms in total. The largest absolute Gasteiger partial charge is 0.460 e. The molecule has 22 heteroatoms. The van der Waals surface area contributed by atoms with Gasteiger partial charge in [-0.25, -0.2) is 22.0 Å². The van der Waals surface area contributed by atoms with Gasteiger partial charge in [-0.2, -0.15) is 65.9 Å². The van der Waals surface area contributed by atoms with Gasteiger partial charge < -0.3 is 0 Å². The maximum absolute atomic E-state index is 13.6. The standard InChI is InChI=1S/C13F21N/c14-1-2(15)4(17)6(5(18)3(1)16)35(34)13(32,33)11(27,28)9(23,24)7(19,20)8(21,22)10(25,26)12(29,30)31. The smallest absolute Gasteiger partial charge is 0.201 e. The van der Waals surface area contributed by atoms with Gasteiger partial charge in [0.2, 0.25) is 5.82 Å². The molecule has 0 atom stereocenters. The van der Waals surface area contributed by atoms with Crippen LogP contribution < -0.4 is 5.12 Å². The van der Waals surface area contributed by atoms with Gasteiger partial charge >= 0.3 is 41.8 Å². The van der Waals surface area contributed by atoms with Crippen molar-refractivity contribution >= 4 is 5.69 Å². The number of hydrogen-bond acceptors (Lipinski definition) is 1. The summed E-state index contributed by atoms with van der Waals surface area (Å²) in [5.41, 5.74) is -3.91. The van der Waals surface area contributed by atoms with Crippen molar-refractivity contribution in [2.24, 2.45) is 0 Å². The summed E-state index contributed by atoms with van der Waals surface area (Å²) in [4.78, 5) is 0. The second-order valence-electron chi connectivity index (χ2n) is 6.11. The van der Waals surface area contributed by atoms with E-state index in [0.717, 1.165) is 0 Å². The molecule has 0 saturated carbocycles. The quantitative estimate of drug-likeness (QED) is 0.109. The normalized spacial score (nSPS) is 15.0. The molecule has 0 fully saturated rings. The lowest BCUT2D eigenvalue weighted by Crippen LogP contribution is -2.74. The second-order valence-corrected chi connectivity index (χ2v) is 6.11. The monoisotopic (exact) mass is 569 g/mol. The number of hydrogen-bond donors (Lipinski definition) is 0. The van der Waals surface area contributed by atoms with Gasteiger partial charge in [0.15, 0.2) is 29.0 Å². The SMILES string of the molecule is Fc1c(F)c(F)c(N(F)C(F)(F)C(F)(F)C(F)(F)C(F)(F)C(F)(F)C(F)(F)C(F)(F)F)c(F)c1F. The van der Waals surface area contributed by atoms with Gasteiger partial charge in [-0.05, 0) is 0 Å². The van der Waals surface area contributed by atoms with Crippen LogP contribution in [0.5, 0.6) is 0 Å². The van der Waals surface area contributed by atoms with Crippen molar-refractivity contribution in [3.63, 3.8) is 0 Å². The first kappa shape index (κ1) is 30.6. The fourth-order valence-corrected chi connectivity index (χ4v) is 1.99. The van der Waals surface area contributed by atoms with Crippen LogP contribution in [0.2, 0.25) is 0 Å². The molecule has 0 aromatic heterocycles. The predicted octanol–water partition coefficient (Wildman–Crippen LogP) is 7.40. The minimum absolute atomic E-state index is 3.31. The number of nitrogens with zero attached hydrogens (tertiary/aromatic N) is 1. The lowest BCUT2D eigenvalue weighted by Gasteiger charge is -2.42. The Morgan fingerprint density at radius 1 is 0.371 bits per heavy atom. The van der Waals surface area contributed by atoms with E-state index in [-0.39, 0.29) is 0 Å². The summed E-state index contributed by atoms with van der Waals surface area (Å²) in [6.45, 7) is 0. The van der Waals surface area contributed by atoms with Crippen LogP contribution >= 0.6 is 0 Å². The molecular weight excluding hydrogens is 569 g/mol. The number of anilines is 1. The molecule has 0 unspecified atom stereocenters. The minimum Gasteiger partial charge on any atom is -0.201 e. The van der Waals surface area contributed by atoms with Crippen LogP contribution in [-0.4, -0.2) is 41.8 Å². The van der Waals surface area contributed by atoms with E-state index < -0.39 is 81.7 Å². The van der Waals surface area contributed by atoms with Gasteiger partial charge in [-0.3, -0.25) is 0 Å². The zero-order valence-corrected chi connectivity index (χ0v) is 14.9. The molecule has 35 heavy (non-hydrogen) atoms. The Balaban J connectivity index is 3.82. The highest BCUT2D eigenvalue weighted by Gasteiger charge is 2.94. The van der Waals surface area contributed by atoms with Gasteiger partial charge in [0.05, 0.1) is 0 Å². The van der Waals surface area contributed by atoms with Crippen LogP contribution in [0.1, 0.15) is 0 Å². The van der Waals surface area contributed by atoms with Crippen molar-refractivity contribution in [2.45, 2.75) is 41.8 Å². The maximum atomic E-state index is 13.6. The van der Waals surface area contributed by atoms with Crippen molar-refractivity contribution in [1.82, 2.24) is 0 Å². The lowest BCUT2D eigenvalue weighted by atomic mass is 9.92. The third kappa shape index (κ3) is 3.76. The second kappa shape index (κ2) is 8.03. The highest BCUT2D eigenvalue weighted by atomic mass is 19.4. The van der Waals surface area contributed by atoms with E-state index in [1.807, 2.05) is 0 Å². The van der Waals surface area contributed by atoms with E-state index >= 15 is 0 Å². The fraction of sp³-hybridized carbons (Fsp3) is 0.538. The third-order valence-corrected chi connectivity index (χ3v) is 3.94. The van der Waals surface area contributed by atoms with Crippen LogP contribution in [0.3, 0.4) is 0 Å². The lowest BCUT2D eigenvalue weighted by molar-refractivity contribution is -0.453. The summed E-state index contributed by atoms with van der Waals surface area (Å²) in [7, 11) is 0. The Labute approximate surface area is 175 Å². The maximum Gasteiger partial charge on any atom is 0.460 e. The summed E-state index contributed by atoms with van der Waals surface area (Å²) >= 11 is 0. The molecule has 0 heterocycles. The molecule has 0 aliphatic heterocycles. The van der Waals surface area contributed by atoms with Crippen molar-refractivity contribution in [3.05, 3.63) is 29.1 Å². The molecule has 0 bridgehead atoms. The summed E-state index contributed by atoms with van der Waals surface area (Å²) in [5.74, 6) is -61.3. The Morgan fingerprint density at radius 2 is 0.629 bits per heavy atom. The van der Waals surface area contributed by atoms with Gasteiger partial charge in [0, 0.05) is 0 Å². The first-order valence-electron chi connectivity index (χ1n) is 7.40. The molecule has 1 aromatic carbocycles. The summed E-state index contributed by atoms with van der Waals surface area (Å²) in [6.07, 6.45) is -7.92. The Morgan fingerprint density at radius 3 is 0.943 bits per heavy atom. The number of rotatable bonds is 7. The van der Waals surface area contributed by atoms with Gasteiger partial charge in [-0.15, -0.1) is 5.12 Å². The number of benzene rings is 1. The molecule has 0 spiro atoms. The van der Waals surface area contributed by atoms with E-state index in [4.69, 9.17) is 0 Å². The van der Waals surface area contributed by atoms with Crippen LogP contribution in [-0.2, 0) is 0 Å². The van der Waals surface area contributed by atoms with Crippen LogP contribution in [0.15, 0.2) is 0 Å². The first-order chi connectivity index (χ1) is 15.1. The van der Waals surface area contributed by atoms with Crippen molar-refractivity contribution < 1.29 is 92.3 Å². The minimum atomic E-state index is -8.87. The summed E-state index contributed by atoms with van der Waals surface area (Å²) in [6, 6.07) is -8.11. The molecule has 204 valence electrons. The third-order valence-electron chi connectivity index (χ3n) is 3.94. The molecule has 0 aliphatic carbocycles. The molecular formula is C13F21N. The zero-order valence-electron chi connectivity index (χ0n) is 14.9. The average Bonchev–Trinajstić information content (AvgIpc) is 2.69. The van der Waals surface area contributed by atoms with Crippen molar-refractivity contribution in [3.8, 4) is 0 Å². The van der Waals surface area contributed by atoms with Gasteiger partial charge in [-0.1, -0.05) is 4.48 Å². The van der Waals surface area contributed by atoms with Gasteiger partial charge in [0.25, 0.3) is 0 Å². The molecule has 0 N–H and O–H groups in total. The van der Waals surface area contributed by atoms with Crippen molar-refractivity contribution in [1.29, 1.82) is 0 Å². The summed E-state index contributed by atoms with van der Waals surface area (Å²) < 4.78 is 274. The highest BCUT2D eigenvalue weighted by Crippen LogP contribution is 2.63. The molecule has 1 aromatic rings. The molecule has 0 amide bonds. The van der Waals surface area contributed by atoms with Crippen LogP contribution in [0.25, 0.3) is 0 Å². The van der Waals surface area contributed by atoms with E-state index in [1.54, 1.807) is 0 Å². The van der Waals surface area contributed by atoms with Crippen LogP contribution in [0.4, 0.5) is 98.0 Å². The fourth-order valence-electron chi connectivity index (χ4n) is 1.99. The Kier molecular flexibility index (Phi) is 7.02. The summed E-state index contributed by atoms with van der Waals surface area (Å²) in [5, 5.41) is -3.84. The first-order valence-corrected chi connectivity index (χ1v) is 7.40. The van der Waals surface area contributed by atoms with Gasteiger partial charge in [0.1, 0.15) is 0 Å². The van der Waals surface area contributed by atoms with E-state index in [9.17, 15) is 92.3 Å². The molecule has 0 aliphatic rings. The molecule has 0 saturated heterocycles. The molecule has 0 radical (unpaired) electrons. The Hall–Kier alpha value is -2.45. The van der Waals surface area contributed by atoms with E-state index in [2.05, 4.69) is 0 Å². The average molecular weight is 569 g/mol. The molecule has 1 rings (SSSR count). The Bertz CT molecular complexity index is 945. The van der Waals surface area contributed by atoms with Crippen molar-refractivity contribution in [2.75, 3.05) is 5.12 Å². The number of alkyl halides is 15. The topological polar surface area (TPSA) is 3.24 Å². The van der Waals surface area contributed by atoms with E-state index in [1.165, 1.54) is 0 Å².